The highest BCUT2D eigenvalue weighted by Crippen LogP contribution is 2.16. The van der Waals surface area contributed by atoms with Crippen LogP contribution in [0.5, 0.6) is 0 Å². The first-order chi connectivity index (χ1) is 24.8. The molecule has 0 aliphatic rings. The summed E-state index contributed by atoms with van der Waals surface area (Å²) in [6.45, 7) is 4.51. The number of amides is 1. The quantitative estimate of drug-likeness (QED) is 0.0330. The monoisotopic (exact) mass is 740 g/mol. The van der Waals surface area contributed by atoms with Gasteiger partial charge in [0.2, 0.25) is 5.91 Å². The van der Waals surface area contributed by atoms with E-state index in [0.29, 0.717) is 12.8 Å². The standard InChI is InChI=1S/C44H85NO5S/c1-3-5-7-9-11-13-15-17-19-21-22-24-25-27-29-31-33-35-37-39-43(46)42(41-51(48,49)50)45-44(47)40-38-36-34-32-30-28-26-23-20-18-16-14-12-10-8-6-4-2/h12,14,18,20,42-43,46H,3-11,13,15-17,19,21-41H2,1-2H3,(H,45,47)(H,48,49,50)/b14-12-,20-18-. The van der Waals surface area contributed by atoms with E-state index in [1.807, 2.05) is 0 Å². The minimum absolute atomic E-state index is 0.251. The molecule has 0 saturated heterocycles. The van der Waals surface area contributed by atoms with Crippen LogP contribution in [0.1, 0.15) is 232 Å². The molecule has 2 atom stereocenters. The lowest BCUT2D eigenvalue weighted by atomic mass is 10.0. The fourth-order valence-corrected chi connectivity index (χ4v) is 7.60. The smallest absolute Gasteiger partial charge is 0.266 e. The summed E-state index contributed by atoms with van der Waals surface area (Å²) in [6, 6.07) is -0.973. The van der Waals surface area contributed by atoms with Crippen molar-refractivity contribution in [1.29, 1.82) is 0 Å². The Balaban J connectivity index is 3.83. The van der Waals surface area contributed by atoms with Gasteiger partial charge in [-0.25, -0.2) is 0 Å². The number of rotatable bonds is 40. The minimum Gasteiger partial charge on any atom is -0.391 e. The van der Waals surface area contributed by atoms with Gasteiger partial charge in [0.1, 0.15) is 0 Å². The molecule has 51 heavy (non-hydrogen) atoms. The average molecular weight is 740 g/mol. The molecule has 302 valence electrons. The van der Waals surface area contributed by atoms with Gasteiger partial charge >= 0.3 is 0 Å². The number of carbonyl (C=O) groups is 1. The van der Waals surface area contributed by atoms with E-state index in [1.165, 1.54) is 148 Å². The zero-order chi connectivity index (χ0) is 37.5. The molecule has 0 aliphatic carbocycles. The van der Waals surface area contributed by atoms with E-state index in [2.05, 4.69) is 43.5 Å². The molecule has 0 aromatic rings. The molecule has 0 aliphatic heterocycles. The van der Waals surface area contributed by atoms with E-state index in [-0.39, 0.29) is 5.91 Å². The number of allylic oxidation sites excluding steroid dienone is 4. The van der Waals surface area contributed by atoms with Gasteiger partial charge in [0.25, 0.3) is 10.1 Å². The van der Waals surface area contributed by atoms with Gasteiger partial charge in [-0.15, -0.1) is 0 Å². The third-order valence-electron chi connectivity index (χ3n) is 10.2. The van der Waals surface area contributed by atoms with Crippen LogP contribution in [-0.2, 0) is 14.9 Å². The van der Waals surface area contributed by atoms with E-state index in [0.717, 1.165) is 57.8 Å². The Morgan fingerprint density at radius 2 is 0.882 bits per heavy atom. The molecule has 3 N–H and O–H groups in total. The van der Waals surface area contributed by atoms with Crippen molar-refractivity contribution in [2.75, 3.05) is 5.75 Å². The van der Waals surface area contributed by atoms with Crippen LogP contribution in [0.4, 0.5) is 0 Å². The Labute approximate surface area is 317 Å². The molecule has 0 aromatic carbocycles. The second kappa shape index (κ2) is 38.5. The fraction of sp³-hybridized carbons (Fsp3) is 0.886. The largest absolute Gasteiger partial charge is 0.391 e. The summed E-state index contributed by atoms with van der Waals surface area (Å²) in [5.41, 5.74) is 0. The Morgan fingerprint density at radius 3 is 1.31 bits per heavy atom. The van der Waals surface area contributed by atoms with Crippen molar-refractivity contribution in [1.82, 2.24) is 5.32 Å². The van der Waals surface area contributed by atoms with E-state index in [9.17, 15) is 22.9 Å². The van der Waals surface area contributed by atoms with E-state index >= 15 is 0 Å². The Hall–Kier alpha value is -1.18. The van der Waals surface area contributed by atoms with Crippen LogP contribution in [0.15, 0.2) is 24.3 Å². The third-order valence-corrected chi connectivity index (χ3v) is 10.9. The zero-order valence-electron chi connectivity index (χ0n) is 33.7. The maximum absolute atomic E-state index is 12.5. The highest BCUT2D eigenvalue weighted by Gasteiger charge is 2.26. The summed E-state index contributed by atoms with van der Waals surface area (Å²) in [7, 11) is -4.31. The van der Waals surface area contributed by atoms with Crippen molar-refractivity contribution in [3.8, 4) is 0 Å². The third kappa shape index (κ3) is 39.9. The summed E-state index contributed by atoms with van der Waals surface area (Å²) in [6.07, 6.45) is 48.4. The molecule has 0 spiro atoms. The maximum atomic E-state index is 12.5. The number of aliphatic hydroxyl groups excluding tert-OH is 1. The molecule has 1 amide bonds. The number of nitrogens with one attached hydrogen (secondary N) is 1. The van der Waals surface area contributed by atoms with Crippen LogP contribution < -0.4 is 5.32 Å². The number of unbranched alkanes of at least 4 members (excludes halogenated alkanes) is 28. The minimum atomic E-state index is -4.31. The van der Waals surface area contributed by atoms with Crippen molar-refractivity contribution in [2.45, 2.75) is 244 Å². The zero-order valence-corrected chi connectivity index (χ0v) is 34.6. The van der Waals surface area contributed by atoms with Gasteiger partial charge in [0, 0.05) is 6.42 Å². The van der Waals surface area contributed by atoms with Crippen LogP contribution in [0.2, 0.25) is 0 Å². The summed E-state index contributed by atoms with van der Waals surface area (Å²) in [4.78, 5) is 12.5. The van der Waals surface area contributed by atoms with Crippen molar-refractivity contribution in [3.63, 3.8) is 0 Å². The van der Waals surface area contributed by atoms with Gasteiger partial charge in [-0.1, -0.05) is 205 Å². The summed E-state index contributed by atoms with van der Waals surface area (Å²) >= 11 is 0. The predicted molar refractivity (Wildman–Crippen MR) is 221 cm³/mol. The lowest BCUT2D eigenvalue weighted by Crippen LogP contribution is -2.47. The Morgan fingerprint density at radius 1 is 0.529 bits per heavy atom. The number of hydrogen-bond donors (Lipinski definition) is 3. The van der Waals surface area contributed by atoms with Gasteiger partial charge in [0.15, 0.2) is 0 Å². The van der Waals surface area contributed by atoms with Crippen LogP contribution >= 0.6 is 0 Å². The molecule has 0 radical (unpaired) electrons. The molecule has 0 bridgehead atoms. The van der Waals surface area contributed by atoms with Crippen LogP contribution in [0.25, 0.3) is 0 Å². The van der Waals surface area contributed by atoms with Crippen LogP contribution in [0, 0.1) is 0 Å². The molecule has 6 nitrogen and oxygen atoms in total. The Bertz CT molecular complexity index is 903. The van der Waals surface area contributed by atoms with Gasteiger partial charge in [-0.3, -0.25) is 9.35 Å². The second-order valence-electron chi connectivity index (χ2n) is 15.3. The van der Waals surface area contributed by atoms with E-state index in [1.54, 1.807) is 0 Å². The van der Waals surface area contributed by atoms with Gasteiger partial charge in [-0.05, 0) is 44.9 Å². The predicted octanol–water partition coefficient (Wildman–Crippen LogP) is 13.1. The average Bonchev–Trinajstić information content (AvgIpc) is 3.09. The molecule has 0 heterocycles. The normalized spacial score (nSPS) is 13.4. The van der Waals surface area contributed by atoms with E-state index < -0.39 is 28.0 Å². The summed E-state index contributed by atoms with van der Waals surface area (Å²) in [5.74, 6) is -0.900. The van der Waals surface area contributed by atoms with Crippen molar-refractivity contribution < 1.29 is 22.9 Å². The van der Waals surface area contributed by atoms with Crippen molar-refractivity contribution >= 4 is 16.0 Å². The highest BCUT2D eigenvalue weighted by atomic mass is 32.2. The first-order valence-corrected chi connectivity index (χ1v) is 23.6. The SMILES string of the molecule is CCCCC/C=C\C/C=C\CCCCCCCCCC(=O)NC(CS(=O)(=O)O)C(O)CCCCCCCCCCCCCCCCCCCCC. The molecular weight excluding hydrogens is 655 g/mol. The van der Waals surface area contributed by atoms with Crippen molar-refractivity contribution in [3.05, 3.63) is 24.3 Å². The molecule has 7 heteroatoms. The molecule has 0 rings (SSSR count). The maximum Gasteiger partial charge on any atom is 0.266 e. The lowest BCUT2D eigenvalue weighted by Gasteiger charge is -2.23. The number of carbonyl (C=O) groups excluding carboxylic acids is 1. The first-order valence-electron chi connectivity index (χ1n) is 22.0. The molecule has 0 aromatic heterocycles. The number of aliphatic hydroxyl groups is 1. The van der Waals surface area contributed by atoms with Crippen LogP contribution in [0.3, 0.4) is 0 Å². The summed E-state index contributed by atoms with van der Waals surface area (Å²) in [5, 5.41) is 13.4. The lowest BCUT2D eigenvalue weighted by molar-refractivity contribution is -0.122. The molecule has 2 unspecified atom stereocenters. The van der Waals surface area contributed by atoms with Gasteiger partial charge in [-0.2, -0.15) is 8.42 Å². The van der Waals surface area contributed by atoms with Crippen LogP contribution in [-0.4, -0.2) is 41.9 Å². The number of hydrogen-bond acceptors (Lipinski definition) is 4. The Kier molecular flexibility index (Phi) is 37.6. The van der Waals surface area contributed by atoms with Crippen molar-refractivity contribution in [2.24, 2.45) is 0 Å². The fourth-order valence-electron chi connectivity index (χ4n) is 6.84. The molecule has 0 fully saturated rings. The second-order valence-corrected chi connectivity index (χ2v) is 16.8. The highest BCUT2D eigenvalue weighted by molar-refractivity contribution is 7.85. The van der Waals surface area contributed by atoms with Gasteiger partial charge < -0.3 is 10.4 Å². The van der Waals surface area contributed by atoms with E-state index in [4.69, 9.17) is 0 Å². The van der Waals surface area contributed by atoms with Gasteiger partial charge in [0.05, 0.1) is 17.9 Å². The summed E-state index contributed by atoms with van der Waals surface area (Å²) < 4.78 is 32.6. The first kappa shape index (κ1) is 49.8. The molecule has 0 saturated carbocycles. The topological polar surface area (TPSA) is 104 Å². The molecular formula is C44H85NO5S.